The maximum atomic E-state index is 13.7. The lowest BCUT2D eigenvalue weighted by atomic mass is 10.1. The van der Waals surface area contributed by atoms with Crippen LogP contribution in [0.15, 0.2) is 21.6 Å². The molecule has 0 radical (unpaired) electrons. The van der Waals surface area contributed by atoms with Gasteiger partial charge in [0.1, 0.15) is 11.6 Å². The first-order valence-electron chi connectivity index (χ1n) is 5.76. The molecule has 0 amide bonds. The summed E-state index contributed by atoms with van der Waals surface area (Å²) in [5.74, 6) is -2.80. The molecule has 0 saturated heterocycles. The van der Waals surface area contributed by atoms with Gasteiger partial charge in [-0.15, -0.1) is 0 Å². The smallest absolute Gasteiger partial charge is 0.335 e. The van der Waals surface area contributed by atoms with Crippen LogP contribution in [-0.4, -0.2) is 29.6 Å². The van der Waals surface area contributed by atoms with Gasteiger partial charge in [0, 0.05) is 12.5 Å². The zero-order chi connectivity index (χ0) is 15.8. The molecule has 0 unspecified atom stereocenters. The van der Waals surface area contributed by atoms with E-state index in [0.717, 1.165) is 12.1 Å². The topological polar surface area (TPSA) is 110 Å². The highest BCUT2D eigenvalue weighted by Crippen LogP contribution is 2.23. The number of carboxylic acid groups (broad SMARTS) is 1. The molecule has 112 valence electrons. The molecule has 0 aliphatic rings. The number of sulfone groups is 1. The number of benzene rings is 1. The predicted molar refractivity (Wildman–Crippen MR) is 68.0 cm³/mol. The second-order valence-corrected chi connectivity index (χ2v) is 6.33. The molecule has 9 heteroatoms. The fourth-order valence-electron chi connectivity index (χ4n) is 1.75. The van der Waals surface area contributed by atoms with Gasteiger partial charge < -0.3 is 9.63 Å². The molecule has 0 bridgehead atoms. The van der Waals surface area contributed by atoms with Gasteiger partial charge in [-0.25, -0.2) is 17.6 Å². The van der Waals surface area contributed by atoms with Crippen molar-refractivity contribution in [1.29, 1.82) is 0 Å². The van der Waals surface area contributed by atoms with Crippen LogP contribution in [0, 0.1) is 19.7 Å². The molecule has 0 aliphatic heterocycles. The van der Waals surface area contributed by atoms with Crippen molar-refractivity contribution in [3.05, 3.63) is 40.8 Å². The molecule has 21 heavy (non-hydrogen) atoms. The third kappa shape index (κ3) is 3.07. The summed E-state index contributed by atoms with van der Waals surface area (Å²) >= 11 is 0. The number of hydrogen-bond acceptors (Lipinski definition) is 6. The van der Waals surface area contributed by atoms with Crippen LogP contribution < -0.4 is 0 Å². The van der Waals surface area contributed by atoms with Gasteiger partial charge in [0.15, 0.2) is 15.7 Å². The van der Waals surface area contributed by atoms with Crippen LogP contribution in [-0.2, 0) is 15.6 Å². The van der Waals surface area contributed by atoms with E-state index in [1.165, 1.54) is 13.8 Å². The minimum absolute atomic E-state index is 0.0759. The highest BCUT2D eigenvalue weighted by molar-refractivity contribution is 7.90. The minimum atomic E-state index is -4.00. The fraction of sp³-hybridized carbons (Fsp3) is 0.250. The molecule has 0 aliphatic carbocycles. The Morgan fingerprint density at radius 1 is 1.38 bits per heavy atom. The van der Waals surface area contributed by atoms with Gasteiger partial charge in [-0.05, 0) is 19.1 Å². The summed E-state index contributed by atoms with van der Waals surface area (Å²) in [5, 5.41) is 12.3. The van der Waals surface area contributed by atoms with Crippen molar-refractivity contribution in [3.63, 3.8) is 0 Å². The van der Waals surface area contributed by atoms with Crippen molar-refractivity contribution in [2.45, 2.75) is 24.5 Å². The van der Waals surface area contributed by atoms with Gasteiger partial charge in [-0.3, -0.25) is 0 Å². The molecular formula is C12H11FN2O5S. The molecule has 0 fully saturated rings. The zero-order valence-electron chi connectivity index (χ0n) is 11.1. The zero-order valence-corrected chi connectivity index (χ0v) is 11.9. The van der Waals surface area contributed by atoms with Gasteiger partial charge in [0.2, 0.25) is 5.89 Å². The lowest BCUT2D eigenvalue weighted by Gasteiger charge is -2.08. The van der Waals surface area contributed by atoms with Crippen LogP contribution in [0.3, 0.4) is 0 Å². The molecule has 1 aromatic carbocycles. The predicted octanol–water partition coefficient (Wildman–Crippen LogP) is 1.50. The van der Waals surface area contributed by atoms with Crippen LogP contribution in [0.1, 0.15) is 27.6 Å². The summed E-state index contributed by atoms with van der Waals surface area (Å²) in [6, 6.07) is 1.69. The molecule has 0 saturated carbocycles. The Hall–Kier alpha value is -2.29. The fourth-order valence-corrected chi connectivity index (χ4v) is 3.23. The molecule has 1 N–H and O–H groups in total. The van der Waals surface area contributed by atoms with Gasteiger partial charge in [-0.1, -0.05) is 5.16 Å². The first-order valence-corrected chi connectivity index (χ1v) is 7.41. The summed E-state index contributed by atoms with van der Waals surface area (Å²) < 4.78 is 42.9. The summed E-state index contributed by atoms with van der Waals surface area (Å²) in [4.78, 5) is 14.3. The van der Waals surface area contributed by atoms with Gasteiger partial charge >= 0.3 is 5.97 Å². The number of aryl methyl sites for hydroxylation is 1. The third-order valence-electron chi connectivity index (χ3n) is 2.77. The quantitative estimate of drug-likeness (QED) is 0.910. The number of halogens is 1. The van der Waals surface area contributed by atoms with Crippen LogP contribution >= 0.6 is 0 Å². The lowest BCUT2D eigenvalue weighted by molar-refractivity contribution is 0.0696. The second-order valence-electron chi connectivity index (χ2n) is 4.38. The van der Waals surface area contributed by atoms with Crippen molar-refractivity contribution in [3.8, 4) is 0 Å². The van der Waals surface area contributed by atoms with E-state index in [9.17, 15) is 17.6 Å². The Kier molecular flexibility index (Phi) is 3.77. The largest absolute Gasteiger partial charge is 0.478 e. The Morgan fingerprint density at radius 3 is 2.57 bits per heavy atom. The monoisotopic (exact) mass is 314 g/mol. The van der Waals surface area contributed by atoms with Crippen molar-refractivity contribution in [1.82, 2.24) is 10.1 Å². The molecular weight excluding hydrogens is 303 g/mol. The van der Waals surface area contributed by atoms with Crippen molar-refractivity contribution >= 4 is 15.8 Å². The average Bonchev–Trinajstić information content (AvgIpc) is 2.76. The van der Waals surface area contributed by atoms with Gasteiger partial charge in [0.05, 0.1) is 10.5 Å². The summed E-state index contributed by atoms with van der Waals surface area (Å²) in [7, 11) is -4.00. The maximum absolute atomic E-state index is 13.7. The highest BCUT2D eigenvalue weighted by atomic mass is 32.2. The molecule has 1 heterocycles. The van der Waals surface area contributed by atoms with Gasteiger partial charge in [0.25, 0.3) is 0 Å². The number of aromatic carboxylic acids is 1. The lowest BCUT2D eigenvalue weighted by Crippen LogP contribution is -2.11. The average molecular weight is 314 g/mol. The number of hydrogen-bond donors (Lipinski definition) is 1. The number of rotatable bonds is 4. The third-order valence-corrected chi connectivity index (χ3v) is 4.50. The van der Waals surface area contributed by atoms with Crippen LogP contribution in [0.25, 0.3) is 0 Å². The Bertz CT molecular complexity index is 813. The van der Waals surface area contributed by atoms with Crippen molar-refractivity contribution in [2.75, 3.05) is 0 Å². The minimum Gasteiger partial charge on any atom is -0.478 e. The van der Waals surface area contributed by atoms with Crippen molar-refractivity contribution < 1.29 is 27.2 Å². The Labute approximate surface area is 119 Å². The first kappa shape index (κ1) is 15.1. The van der Waals surface area contributed by atoms with E-state index in [2.05, 4.69) is 14.7 Å². The van der Waals surface area contributed by atoms with E-state index in [1.54, 1.807) is 0 Å². The molecule has 7 nitrogen and oxygen atoms in total. The normalized spacial score (nSPS) is 11.6. The van der Waals surface area contributed by atoms with E-state index in [0.29, 0.717) is 0 Å². The molecule has 0 atom stereocenters. The molecule has 2 rings (SSSR count). The number of carbonyl (C=O) groups is 1. The number of nitrogens with zero attached hydrogens (tertiary/aromatic N) is 2. The first-order chi connectivity index (χ1) is 9.70. The van der Waals surface area contributed by atoms with Crippen LogP contribution in [0.2, 0.25) is 0 Å². The number of carboxylic acids is 1. The number of aromatic nitrogens is 2. The Balaban J connectivity index is 2.51. The Morgan fingerprint density at radius 2 is 2.05 bits per heavy atom. The van der Waals surface area contributed by atoms with E-state index in [-0.39, 0.29) is 17.3 Å². The van der Waals surface area contributed by atoms with Crippen molar-refractivity contribution in [2.24, 2.45) is 0 Å². The van der Waals surface area contributed by atoms with E-state index in [4.69, 9.17) is 5.11 Å². The van der Waals surface area contributed by atoms with E-state index < -0.39 is 37.8 Å². The molecule has 0 spiro atoms. The van der Waals surface area contributed by atoms with E-state index in [1.807, 2.05) is 0 Å². The standard InChI is InChI=1S/C12H11FN2O5S/c1-6-9(13)3-8(12(16)17)4-10(6)21(18,19)5-11-14-7(2)20-15-11/h3-4H,5H2,1-2H3,(H,16,17). The summed E-state index contributed by atoms with van der Waals surface area (Å²) in [6.07, 6.45) is 0. The maximum Gasteiger partial charge on any atom is 0.335 e. The van der Waals surface area contributed by atoms with E-state index >= 15 is 0 Å². The molecule has 2 aromatic rings. The summed E-state index contributed by atoms with van der Waals surface area (Å²) in [5.41, 5.74) is -0.596. The van der Waals surface area contributed by atoms with Crippen LogP contribution in [0.5, 0.6) is 0 Å². The van der Waals surface area contributed by atoms with Crippen LogP contribution in [0.4, 0.5) is 4.39 Å². The highest BCUT2D eigenvalue weighted by Gasteiger charge is 2.24. The SMILES string of the molecule is Cc1nc(CS(=O)(=O)c2cc(C(=O)O)cc(F)c2C)no1. The summed E-state index contributed by atoms with van der Waals surface area (Å²) in [6.45, 7) is 2.76. The molecule has 1 aromatic heterocycles. The second kappa shape index (κ2) is 5.24. The van der Waals surface area contributed by atoms with Gasteiger partial charge in [-0.2, -0.15) is 4.98 Å².